The van der Waals surface area contributed by atoms with Crippen LogP contribution >= 0.6 is 0 Å². The van der Waals surface area contributed by atoms with E-state index in [-0.39, 0.29) is 11.6 Å². The molecule has 144 valence electrons. The first-order chi connectivity index (χ1) is 13.4. The third kappa shape index (κ3) is 4.19. The lowest BCUT2D eigenvalue weighted by molar-refractivity contribution is 0.0128. The van der Waals surface area contributed by atoms with Gasteiger partial charge in [0, 0.05) is 31.0 Å². The second-order valence-corrected chi connectivity index (χ2v) is 6.93. The largest absolute Gasteiger partial charge is 0.351 e. The summed E-state index contributed by atoms with van der Waals surface area (Å²) < 4.78 is 27.1. The van der Waals surface area contributed by atoms with Gasteiger partial charge < -0.3 is 10.6 Å². The molecule has 0 aromatic carbocycles. The number of alkyl halides is 2. The van der Waals surface area contributed by atoms with Gasteiger partial charge in [-0.15, -0.1) is 0 Å². The van der Waals surface area contributed by atoms with Gasteiger partial charge in [-0.25, -0.2) is 0 Å². The molecule has 3 aromatic rings. The Kier molecular flexibility index (Phi) is 4.58. The van der Waals surface area contributed by atoms with Crippen molar-refractivity contribution in [1.29, 1.82) is 0 Å². The van der Waals surface area contributed by atoms with Crippen LogP contribution in [0.15, 0.2) is 42.7 Å². The van der Waals surface area contributed by atoms with E-state index in [1.165, 1.54) is 12.3 Å². The van der Waals surface area contributed by atoms with Crippen LogP contribution in [-0.4, -0.2) is 31.0 Å². The molecule has 0 aliphatic heterocycles. The highest BCUT2D eigenvalue weighted by atomic mass is 19.3. The van der Waals surface area contributed by atoms with Gasteiger partial charge in [-0.1, -0.05) is 13.0 Å². The van der Waals surface area contributed by atoms with Gasteiger partial charge >= 0.3 is 0 Å². The van der Waals surface area contributed by atoms with Crippen LogP contribution in [0.4, 0.5) is 26.4 Å². The maximum absolute atomic E-state index is 13.6. The second-order valence-electron chi connectivity index (χ2n) is 6.93. The van der Waals surface area contributed by atoms with Crippen molar-refractivity contribution in [3.8, 4) is 11.5 Å². The molecule has 0 radical (unpaired) electrons. The Morgan fingerprint density at radius 1 is 1.04 bits per heavy atom. The van der Waals surface area contributed by atoms with Gasteiger partial charge in [0.2, 0.25) is 11.9 Å². The lowest BCUT2D eigenvalue weighted by atomic mass is 10.2. The van der Waals surface area contributed by atoms with E-state index in [0.717, 1.165) is 13.3 Å². The van der Waals surface area contributed by atoms with Gasteiger partial charge in [0.15, 0.2) is 5.82 Å². The van der Waals surface area contributed by atoms with Crippen molar-refractivity contribution in [3.05, 3.63) is 48.4 Å². The van der Waals surface area contributed by atoms with E-state index in [4.69, 9.17) is 0 Å². The summed E-state index contributed by atoms with van der Waals surface area (Å²) in [4.78, 5) is 21.2. The molecule has 3 aromatic heterocycles. The van der Waals surface area contributed by atoms with Crippen LogP contribution in [-0.2, 0) is 5.92 Å². The summed E-state index contributed by atoms with van der Waals surface area (Å²) in [5, 5.41) is 6.24. The van der Waals surface area contributed by atoms with Crippen molar-refractivity contribution in [3.63, 3.8) is 0 Å². The summed E-state index contributed by atoms with van der Waals surface area (Å²) in [5.74, 6) is -1.43. The number of nitrogens with one attached hydrogen (secondary N) is 2. The molecule has 2 unspecified atom stereocenters. The molecule has 0 spiro atoms. The van der Waals surface area contributed by atoms with Crippen LogP contribution in [0, 0.1) is 5.92 Å². The van der Waals surface area contributed by atoms with Gasteiger partial charge in [0.25, 0.3) is 5.92 Å². The molecule has 9 heteroatoms. The molecular formula is C19H19F2N7. The summed E-state index contributed by atoms with van der Waals surface area (Å²) in [6, 6.07) is 8.62. The van der Waals surface area contributed by atoms with E-state index in [9.17, 15) is 8.78 Å². The zero-order chi connectivity index (χ0) is 19.7. The van der Waals surface area contributed by atoms with Gasteiger partial charge in [0.05, 0.1) is 0 Å². The molecule has 0 saturated heterocycles. The molecule has 1 saturated carbocycles. The first kappa shape index (κ1) is 18.1. The minimum atomic E-state index is -3.04. The van der Waals surface area contributed by atoms with E-state index in [1.54, 1.807) is 24.4 Å². The number of anilines is 3. The van der Waals surface area contributed by atoms with E-state index >= 15 is 0 Å². The van der Waals surface area contributed by atoms with Gasteiger partial charge in [-0.05, 0) is 36.6 Å². The SMILES string of the molecule is CC1CC1Nc1nc(Nc2ccnc(C(C)(F)F)c2)nc(-c2ccccn2)n1. The number of rotatable bonds is 6. The lowest BCUT2D eigenvalue weighted by Gasteiger charge is -2.12. The van der Waals surface area contributed by atoms with Crippen molar-refractivity contribution in [2.24, 2.45) is 5.92 Å². The molecule has 2 atom stereocenters. The monoisotopic (exact) mass is 383 g/mol. The summed E-state index contributed by atoms with van der Waals surface area (Å²) in [6.45, 7) is 2.95. The predicted molar refractivity (Wildman–Crippen MR) is 101 cm³/mol. The Hall–Kier alpha value is -3.23. The fraction of sp³-hybridized carbons (Fsp3) is 0.316. The molecule has 28 heavy (non-hydrogen) atoms. The van der Waals surface area contributed by atoms with Gasteiger partial charge in [-0.2, -0.15) is 23.7 Å². The van der Waals surface area contributed by atoms with Crippen LogP contribution < -0.4 is 10.6 Å². The highest BCUT2D eigenvalue weighted by Crippen LogP contribution is 2.32. The van der Waals surface area contributed by atoms with Crippen molar-refractivity contribution in [1.82, 2.24) is 24.9 Å². The highest BCUT2D eigenvalue weighted by molar-refractivity contribution is 5.59. The molecule has 3 heterocycles. The summed E-state index contributed by atoms with van der Waals surface area (Å²) in [6.07, 6.45) is 4.02. The molecule has 1 fully saturated rings. The first-order valence-corrected chi connectivity index (χ1v) is 8.94. The molecule has 0 bridgehead atoms. The number of halogens is 2. The number of pyridine rings is 2. The topological polar surface area (TPSA) is 88.5 Å². The Bertz CT molecular complexity index is 976. The van der Waals surface area contributed by atoms with E-state index in [0.29, 0.717) is 35.1 Å². The molecule has 0 amide bonds. The van der Waals surface area contributed by atoms with Crippen molar-refractivity contribution in [2.45, 2.75) is 32.2 Å². The van der Waals surface area contributed by atoms with Gasteiger partial charge in [-0.3, -0.25) is 9.97 Å². The summed E-state index contributed by atoms with van der Waals surface area (Å²) in [5.41, 5.74) is 0.674. The van der Waals surface area contributed by atoms with Crippen LogP contribution in [0.3, 0.4) is 0 Å². The second kappa shape index (κ2) is 7.06. The maximum Gasteiger partial charge on any atom is 0.287 e. The number of aromatic nitrogens is 5. The summed E-state index contributed by atoms with van der Waals surface area (Å²) in [7, 11) is 0. The standard InChI is InChI=1S/C19H19F2N7/c1-11-9-14(11)25-18-27-16(13-5-3-4-7-22-13)26-17(28-18)24-12-6-8-23-15(10-12)19(2,20)21/h3-8,10-11,14H,9H2,1-2H3,(H2,23,24,25,26,27,28). The third-order valence-corrected chi connectivity index (χ3v) is 4.42. The van der Waals surface area contributed by atoms with E-state index in [2.05, 4.69) is 42.5 Å². The molecule has 2 N–H and O–H groups in total. The van der Waals surface area contributed by atoms with Crippen LogP contribution in [0.1, 0.15) is 26.0 Å². The predicted octanol–water partition coefficient (Wildman–Crippen LogP) is 4.00. The Morgan fingerprint density at radius 3 is 2.50 bits per heavy atom. The molecular weight excluding hydrogens is 364 g/mol. The number of hydrogen-bond donors (Lipinski definition) is 2. The van der Waals surface area contributed by atoms with E-state index in [1.807, 2.05) is 6.07 Å². The molecule has 7 nitrogen and oxygen atoms in total. The minimum Gasteiger partial charge on any atom is -0.351 e. The van der Waals surface area contributed by atoms with Crippen LogP contribution in [0.25, 0.3) is 11.5 Å². The average Bonchev–Trinajstić information content (AvgIpc) is 3.36. The smallest absolute Gasteiger partial charge is 0.287 e. The molecule has 4 rings (SSSR count). The molecule has 1 aliphatic carbocycles. The third-order valence-electron chi connectivity index (χ3n) is 4.42. The average molecular weight is 383 g/mol. The zero-order valence-electron chi connectivity index (χ0n) is 15.4. The number of hydrogen-bond acceptors (Lipinski definition) is 7. The Labute approximate surface area is 160 Å². The van der Waals surface area contributed by atoms with Gasteiger partial charge in [0.1, 0.15) is 11.4 Å². The number of nitrogens with zero attached hydrogens (tertiary/aromatic N) is 5. The van der Waals surface area contributed by atoms with E-state index < -0.39 is 5.92 Å². The maximum atomic E-state index is 13.6. The van der Waals surface area contributed by atoms with Crippen molar-refractivity contribution < 1.29 is 8.78 Å². The zero-order valence-corrected chi connectivity index (χ0v) is 15.4. The Balaban J connectivity index is 1.67. The fourth-order valence-electron chi connectivity index (χ4n) is 2.67. The van der Waals surface area contributed by atoms with Crippen molar-refractivity contribution in [2.75, 3.05) is 10.6 Å². The van der Waals surface area contributed by atoms with Crippen molar-refractivity contribution >= 4 is 17.6 Å². The first-order valence-electron chi connectivity index (χ1n) is 8.94. The lowest BCUT2D eigenvalue weighted by Crippen LogP contribution is -2.12. The molecule has 1 aliphatic rings. The quantitative estimate of drug-likeness (QED) is 0.665. The minimum absolute atomic E-state index is 0.239. The van der Waals surface area contributed by atoms with Crippen LogP contribution in [0.5, 0.6) is 0 Å². The fourth-order valence-corrected chi connectivity index (χ4v) is 2.67. The van der Waals surface area contributed by atoms with Crippen LogP contribution in [0.2, 0.25) is 0 Å². The highest BCUT2D eigenvalue weighted by Gasteiger charge is 2.33. The Morgan fingerprint density at radius 2 is 1.82 bits per heavy atom. The normalized spacial score (nSPS) is 18.6. The summed E-state index contributed by atoms with van der Waals surface area (Å²) >= 11 is 0.